The van der Waals surface area contributed by atoms with Crippen molar-refractivity contribution in [3.63, 3.8) is 0 Å². The second-order valence-electron chi connectivity index (χ2n) is 8.37. The van der Waals surface area contributed by atoms with Gasteiger partial charge in [0.15, 0.2) is 12.3 Å². The van der Waals surface area contributed by atoms with Gasteiger partial charge in [0.1, 0.15) is 10.4 Å². The van der Waals surface area contributed by atoms with E-state index in [1.165, 1.54) is 0 Å². The SMILES string of the molecule is CNC(=O)[C@]1(C)CC[C@@H](Nc2ncc3c(Br)nn(-c4ccc5c(c4)OCC(=O)N5)c3n2)C1. The molecule has 1 aliphatic heterocycles. The summed E-state index contributed by atoms with van der Waals surface area (Å²) in [6.07, 6.45) is 4.11. The highest BCUT2D eigenvalue weighted by molar-refractivity contribution is 9.10. The van der Waals surface area contributed by atoms with E-state index in [4.69, 9.17) is 9.72 Å². The summed E-state index contributed by atoms with van der Waals surface area (Å²) in [6.45, 7) is 1.97. The van der Waals surface area contributed by atoms with E-state index < -0.39 is 0 Å². The number of fused-ring (bicyclic) bond motifs is 2. The molecule has 5 rings (SSSR count). The van der Waals surface area contributed by atoms with Crippen LogP contribution in [0.5, 0.6) is 5.75 Å². The molecule has 1 fully saturated rings. The molecule has 1 aromatic carbocycles. The van der Waals surface area contributed by atoms with Crippen molar-refractivity contribution in [1.29, 1.82) is 0 Å². The highest BCUT2D eigenvalue weighted by atomic mass is 79.9. The first-order valence-corrected chi connectivity index (χ1v) is 11.1. The lowest BCUT2D eigenvalue weighted by Gasteiger charge is -2.22. The Kier molecular flexibility index (Phi) is 5.00. The number of hydrogen-bond acceptors (Lipinski definition) is 7. The van der Waals surface area contributed by atoms with E-state index in [1.54, 1.807) is 24.0 Å². The standard InChI is InChI=1S/C21H22BrN7O3/c1-21(19(31)23-2)6-5-11(8-21)25-20-24-9-13-17(22)28-29(18(13)27-20)12-3-4-14-15(7-12)32-10-16(30)26-14/h3-4,7,9,11H,5-6,8,10H2,1-2H3,(H,23,31)(H,26,30)(H,24,25,27)/t11-,21-/m1/s1. The molecular formula is C21H22BrN7O3. The topological polar surface area (TPSA) is 123 Å². The van der Waals surface area contributed by atoms with Gasteiger partial charge in [-0.15, -0.1) is 0 Å². The number of rotatable bonds is 4. The van der Waals surface area contributed by atoms with Crippen molar-refractivity contribution in [3.05, 3.63) is 29.0 Å². The Morgan fingerprint density at radius 3 is 3.06 bits per heavy atom. The van der Waals surface area contributed by atoms with Gasteiger partial charge in [-0.3, -0.25) is 9.59 Å². The van der Waals surface area contributed by atoms with E-state index in [1.807, 2.05) is 19.1 Å². The number of carbonyl (C=O) groups excluding carboxylic acids is 2. The number of hydrogen-bond donors (Lipinski definition) is 3. The largest absolute Gasteiger partial charge is 0.482 e. The number of nitrogens with one attached hydrogen (secondary N) is 3. The van der Waals surface area contributed by atoms with Crippen molar-refractivity contribution in [2.75, 3.05) is 24.3 Å². The molecule has 10 nitrogen and oxygen atoms in total. The summed E-state index contributed by atoms with van der Waals surface area (Å²) in [5, 5.41) is 14.3. The van der Waals surface area contributed by atoms with Crippen LogP contribution >= 0.6 is 15.9 Å². The van der Waals surface area contributed by atoms with Crippen LogP contribution < -0.4 is 20.7 Å². The highest BCUT2D eigenvalue weighted by Gasteiger charge is 2.41. The molecule has 1 saturated carbocycles. The van der Waals surface area contributed by atoms with Gasteiger partial charge in [0, 0.05) is 30.8 Å². The summed E-state index contributed by atoms with van der Waals surface area (Å²) in [6, 6.07) is 5.54. The third kappa shape index (κ3) is 3.56. The van der Waals surface area contributed by atoms with Crippen LogP contribution in [0.15, 0.2) is 29.0 Å². The molecule has 2 aromatic heterocycles. The summed E-state index contributed by atoms with van der Waals surface area (Å²) in [4.78, 5) is 32.9. The van der Waals surface area contributed by atoms with E-state index >= 15 is 0 Å². The molecule has 2 amide bonds. The maximum absolute atomic E-state index is 12.2. The third-order valence-corrected chi connectivity index (χ3v) is 6.66. The predicted octanol–water partition coefficient (Wildman–Crippen LogP) is 2.63. The van der Waals surface area contributed by atoms with Crippen molar-refractivity contribution in [2.45, 2.75) is 32.2 Å². The molecule has 11 heteroatoms. The van der Waals surface area contributed by atoms with Gasteiger partial charge in [-0.25, -0.2) is 9.67 Å². The zero-order chi connectivity index (χ0) is 22.5. The Morgan fingerprint density at radius 2 is 2.25 bits per heavy atom. The Hall–Kier alpha value is -3.21. The van der Waals surface area contributed by atoms with Gasteiger partial charge in [-0.05, 0) is 47.3 Å². The number of ether oxygens (including phenoxy) is 1. The summed E-state index contributed by atoms with van der Waals surface area (Å²) in [5.74, 6) is 0.943. The quantitative estimate of drug-likeness (QED) is 0.503. The van der Waals surface area contributed by atoms with Crippen molar-refractivity contribution in [3.8, 4) is 11.4 Å². The van der Waals surface area contributed by atoms with E-state index in [2.05, 4.69) is 42.0 Å². The van der Waals surface area contributed by atoms with Gasteiger partial charge in [0.25, 0.3) is 5.91 Å². The Bertz CT molecular complexity index is 1240. The van der Waals surface area contributed by atoms with Crippen molar-refractivity contribution < 1.29 is 14.3 Å². The third-order valence-electron chi connectivity index (χ3n) is 6.07. The molecular weight excluding hydrogens is 478 g/mol. The first-order chi connectivity index (χ1) is 15.4. The molecule has 3 N–H and O–H groups in total. The minimum Gasteiger partial charge on any atom is -0.482 e. The molecule has 0 spiro atoms. The molecule has 2 aliphatic rings. The fraction of sp³-hybridized carbons (Fsp3) is 0.381. The lowest BCUT2D eigenvalue weighted by molar-refractivity contribution is -0.129. The molecule has 3 aromatic rings. The summed E-state index contributed by atoms with van der Waals surface area (Å²) in [5.41, 5.74) is 1.60. The van der Waals surface area contributed by atoms with E-state index in [0.29, 0.717) is 34.1 Å². The van der Waals surface area contributed by atoms with E-state index in [0.717, 1.165) is 23.9 Å². The minimum absolute atomic E-state index is 0.0212. The number of benzene rings is 1. The number of aromatic nitrogens is 4. The van der Waals surface area contributed by atoms with Crippen LogP contribution in [0.25, 0.3) is 16.7 Å². The van der Waals surface area contributed by atoms with Gasteiger partial charge < -0.3 is 20.7 Å². The Morgan fingerprint density at radius 1 is 1.41 bits per heavy atom. The maximum Gasteiger partial charge on any atom is 0.262 e. The van der Waals surface area contributed by atoms with Crippen LogP contribution in [0, 0.1) is 5.41 Å². The van der Waals surface area contributed by atoms with Crippen molar-refractivity contribution in [1.82, 2.24) is 25.1 Å². The number of carbonyl (C=O) groups is 2. The first kappa shape index (κ1) is 20.7. The van der Waals surface area contributed by atoms with E-state index in [-0.39, 0.29) is 29.9 Å². The zero-order valence-electron chi connectivity index (χ0n) is 17.6. The highest BCUT2D eigenvalue weighted by Crippen LogP contribution is 2.39. The molecule has 0 unspecified atom stereocenters. The molecule has 0 radical (unpaired) electrons. The summed E-state index contributed by atoms with van der Waals surface area (Å²) in [7, 11) is 1.67. The van der Waals surface area contributed by atoms with Gasteiger partial charge in [0.2, 0.25) is 11.9 Å². The lowest BCUT2D eigenvalue weighted by Crippen LogP contribution is -2.35. The van der Waals surface area contributed by atoms with Gasteiger partial charge in [0.05, 0.1) is 16.8 Å². The lowest BCUT2D eigenvalue weighted by atomic mass is 9.87. The molecule has 0 saturated heterocycles. The number of amides is 2. The van der Waals surface area contributed by atoms with Gasteiger partial charge >= 0.3 is 0 Å². The predicted molar refractivity (Wildman–Crippen MR) is 122 cm³/mol. The smallest absolute Gasteiger partial charge is 0.262 e. The van der Waals surface area contributed by atoms with Crippen molar-refractivity contribution in [2.24, 2.45) is 5.41 Å². The van der Waals surface area contributed by atoms with Crippen LogP contribution in [0.2, 0.25) is 0 Å². The van der Waals surface area contributed by atoms with Crippen LogP contribution in [0.1, 0.15) is 26.2 Å². The molecule has 2 atom stereocenters. The van der Waals surface area contributed by atoms with Crippen molar-refractivity contribution >= 4 is 50.4 Å². The van der Waals surface area contributed by atoms with Crippen LogP contribution in [-0.2, 0) is 9.59 Å². The fourth-order valence-electron chi connectivity index (χ4n) is 4.37. The monoisotopic (exact) mass is 499 g/mol. The average Bonchev–Trinajstić information content (AvgIpc) is 3.33. The fourth-order valence-corrected chi connectivity index (χ4v) is 4.81. The maximum atomic E-state index is 12.2. The molecule has 0 bridgehead atoms. The Balaban J connectivity index is 1.44. The summed E-state index contributed by atoms with van der Waals surface area (Å²) < 4.78 is 7.86. The Labute approximate surface area is 192 Å². The number of halogens is 1. The normalized spacial score (nSPS) is 22.2. The zero-order valence-corrected chi connectivity index (χ0v) is 19.2. The molecule has 1 aliphatic carbocycles. The second kappa shape index (κ2) is 7.73. The van der Waals surface area contributed by atoms with E-state index in [9.17, 15) is 9.59 Å². The molecule has 3 heterocycles. The molecule has 166 valence electrons. The molecule has 32 heavy (non-hydrogen) atoms. The van der Waals surface area contributed by atoms with Gasteiger partial charge in [-0.2, -0.15) is 10.1 Å². The average molecular weight is 500 g/mol. The number of anilines is 2. The first-order valence-electron chi connectivity index (χ1n) is 10.3. The van der Waals surface area contributed by atoms with Crippen LogP contribution in [-0.4, -0.2) is 51.3 Å². The number of nitrogens with zero attached hydrogens (tertiary/aromatic N) is 4. The van der Waals surface area contributed by atoms with Crippen LogP contribution in [0.3, 0.4) is 0 Å². The summed E-state index contributed by atoms with van der Waals surface area (Å²) >= 11 is 3.48. The minimum atomic E-state index is -0.389. The second-order valence-corrected chi connectivity index (χ2v) is 9.13. The van der Waals surface area contributed by atoms with Gasteiger partial charge in [-0.1, -0.05) is 6.92 Å². The van der Waals surface area contributed by atoms with Crippen LogP contribution in [0.4, 0.5) is 11.6 Å².